The maximum absolute atomic E-state index is 4.24. The minimum Gasteiger partial charge on any atom is -0.336 e. The first-order valence-electron chi connectivity index (χ1n) is 6.05. The van der Waals surface area contributed by atoms with E-state index in [1.165, 1.54) is 25.1 Å². The minimum atomic E-state index is 0.508. The highest BCUT2D eigenvalue weighted by Crippen LogP contribution is 2.34. The van der Waals surface area contributed by atoms with Gasteiger partial charge in [0.1, 0.15) is 0 Å². The lowest BCUT2D eigenvalue weighted by molar-refractivity contribution is 0.115. The van der Waals surface area contributed by atoms with Crippen molar-refractivity contribution in [3.05, 3.63) is 18.2 Å². The Morgan fingerprint density at radius 1 is 1.50 bits per heavy atom. The lowest BCUT2D eigenvalue weighted by Gasteiger charge is -2.39. The maximum atomic E-state index is 4.24. The number of aromatic nitrogens is 2. The van der Waals surface area contributed by atoms with Crippen molar-refractivity contribution in [1.29, 1.82) is 0 Å². The van der Waals surface area contributed by atoms with Gasteiger partial charge in [-0.2, -0.15) is 0 Å². The number of nitrogens with zero attached hydrogens (tertiary/aromatic N) is 3. The smallest absolute Gasteiger partial charge is 0.0946 e. The second-order valence-electron chi connectivity index (χ2n) is 4.81. The van der Waals surface area contributed by atoms with Crippen molar-refractivity contribution in [3.63, 3.8) is 0 Å². The number of hydrogen-bond donors (Lipinski definition) is 1. The normalized spacial score (nSPS) is 27.2. The van der Waals surface area contributed by atoms with E-state index < -0.39 is 0 Å². The molecular formula is C12H22N4. The van der Waals surface area contributed by atoms with Crippen molar-refractivity contribution < 1.29 is 0 Å². The highest BCUT2D eigenvalue weighted by atomic mass is 15.2. The highest BCUT2D eigenvalue weighted by molar-refractivity contribution is 5.08. The number of piperidine rings is 1. The van der Waals surface area contributed by atoms with Gasteiger partial charge in [0, 0.05) is 13.2 Å². The van der Waals surface area contributed by atoms with Crippen molar-refractivity contribution in [2.45, 2.75) is 18.9 Å². The molecule has 2 heterocycles. The van der Waals surface area contributed by atoms with Crippen LogP contribution >= 0.6 is 0 Å². The molecule has 2 rings (SSSR count). The average Bonchev–Trinajstić information content (AvgIpc) is 2.65. The lowest BCUT2D eigenvalue weighted by Crippen LogP contribution is -2.40. The Labute approximate surface area is 97.7 Å². The standard InChI is InChI=1S/C12H22N4/c1-13-7-10-5-4-6-15(2)12(10)11-8-14-9-16(11)3/h8-10,12-13H,4-7H2,1-3H3. The molecule has 0 radical (unpaired) electrons. The molecule has 2 unspecified atom stereocenters. The van der Waals surface area contributed by atoms with Crippen molar-refractivity contribution in [3.8, 4) is 0 Å². The molecular weight excluding hydrogens is 200 g/mol. The quantitative estimate of drug-likeness (QED) is 0.829. The van der Waals surface area contributed by atoms with Gasteiger partial charge in [0.25, 0.3) is 0 Å². The van der Waals surface area contributed by atoms with Crippen LogP contribution in [0.2, 0.25) is 0 Å². The summed E-state index contributed by atoms with van der Waals surface area (Å²) < 4.78 is 2.15. The van der Waals surface area contributed by atoms with Crippen LogP contribution in [0.15, 0.2) is 12.5 Å². The Balaban J connectivity index is 2.22. The molecule has 0 amide bonds. The number of aryl methyl sites for hydroxylation is 1. The van der Waals surface area contributed by atoms with E-state index in [0.29, 0.717) is 12.0 Å². The average molecular weight is 222 g/mol. The molecule has 4 heteroatoms. The molecule has 0 aromatic carbocycles. The van der Waals surface area contributed by atoms with Crippen LogP contribution in [0.3, 0.4) is 0 Å². The second-order valence-corrected chi connectivity index (χ2v) is 4.81. The Bertz CT molecular complexity index is 332. The SMILES string of the molecule is CNCC1CCCN(C)C1c1cncn1C. The molecule has 4 nitrogen and oxygen atoms in total. The third-order valence-corrected chi connectivity index (χ3v) is 3.63. The molecule has 1 fully saturated rings. The van der Waals surface area contributed by atoms with E-state index in [2.05, 4.69) is 33.9 Å². The molecule has 1 N–H and O–H groups in total. The van der Waals surface area contributed by atoms with Gasteiger partial charge in [-0.25, -0.2) is 4.98 Å². The predicted octanol–water partition coefficient (Wildman–Crippen LogP) is 1.02. The third kappa shape index (κ3) is 2.13. The van der Waals surface area contributed by atoms with E-state index in [9.17, 15) is 0 Å². The topological polar surface area (TPSA) is 33.1 Å². The highest BCUT2D eigenvalue weighted by Gasteiger charge is 2.31. The summed E-state index contributed by atoms with van der Waals surface area (Å²) in [4.78, 5) is 6.70. The molecule has 90 valence electrons. The summed E-state index contributed by atoms with van der Waals surface area (Å²) in [7, 11) is 6.34. The van der Waals surface area contributed by atoms with Gasteiger partial charge in [0.15, 0.2) is 0 Å². The summed E-state index contributed by atoms with van der Waals surface area (Å²) in [6, 6.07) is 0.508. The fourth-order valence-electron chi connectivity index (χ4n) is 2.86. The van der Waals surface area contributed by atoms with Crippen LogP contribution in [-0.4, -0.2) is 41.6 Å². The van der Waals surface area contributed by atoms with E-state index in [0.717, 1.165) is 6.54 Å². The number of likely N-dealkylation sites (tertiary alicyclic amines) is 1. The molecule has 16 heavy (non-hydrogen) atoms. The Morgan fingerprint density at radius 2 is 2.31 bits per heavy atom. The molecule has 0 saturated carbocycles. The second kappa shape index (κ2) is 4.97. The minimum absolute atomic E-state index is 0.508. The van der Waals surface area contributed by atoms with Crippen LogP contribution in [0.4, 0.5) is 0 Å². The summed E-state index contributed by atoms with van der Waals surface area (Å²) in [5.74, 6) is 0.694. The first kappa shape index (κ1) is 11.6. The summed E-state index contributed by atoms with van der Waals surface area (Å²) >= 11 is 0. The molecule has 1 aliphatic heterocycles. The van der Waals surface area contributed by atoms with E-state index in [1.807, 2.05) is 19.6 Å². The van der Waals surface area contributed by atoms with Gasteiger partial charge in [-0.1, -0.05) is 0 Å². The van der Waals surface area contributed by atoms with Gasteiger partial charge in [0.2, 0.25) is 0 Å². The predicted molar refractivity (Wildman–Crippen MR) is 65.2 cm³/mol. The molecule has 1 aliphatic rings. The first-order chi connectivity index (χ1) is 7.74. The zero-order chi connectivity index (χ0) is 11.5. The molecule has 2 atom stereocenters. The molecule has 0 bridgehead atoms. The molecule has 1 saturated heterocycles. The molecule has 1 aromatic rings. The number of nitrogens with one attached hydrogen (secondary N) is 1. The Kier molecular flexibility index (Phi) is 3.61. The first-order valence-corrected chi connectivity index (χ1v) is 6.05. The van der Waals surface area contributed by atoms with Crippen molar-refractivity contribution >= 4 is 0 Å². The van der Waals surface area contributed by atoms with Crippen molar-refractivity contribution in [2.75, 3.05) is 27.2 Å². The fraction of sp³-hybridized carbons (Fsp3) is 0.750. The Hall–Kier alpha value is -0.870. The van der Waals surface area contributed by atoms with Gasteiger partial charge >= 0.3 is 0 Å². The van der Waals surface area contributed by atoms with E-state index in [-0.39, 0.29) is 0 Å². The Morgan fingerprint density at radius 3 is 2.94 bits per heavy atom. The lowest BCUT2D eigenvalue weighted by atomic mass is 9.87. The summed E-state index contributed by atoms with van der Waals surface area (Å²) in [6.45, 7) is 2.27. The van der Waals surface area contributed by atoms with E-state index >= 15 is 0 Å². The molecule has 1 aromatic heterocycles. The van der Waals surface area contributed by atoms with Gasteiger partial charge in [-0.15, -0.1) is 0 Å². The largest absolute Gasteiger partial charge is 0.336 e. The van der Waals surface area contributed by atoms with E-state index in [4.69, 9.17) is 0 Å². The van der Waals surface area contributed by atoms with Gasteiger partial charge < -0.3 is 9.88 Å². The van der Waals surface area contributed by atoms with Crippen molar-refractivity contribution in [1.82, 2.24) is 19.8 Å². The zero-order valence-electron chi connectivity index (χ0n) is 10.5. The van der Waals surface area contributed by atoms with Crippen LogP contribution in [0.1, 0.15) is 24.6 Å². The van der Waals surface area contributed by atoms with Crippen LogP contribution in [0, 0.1) is 5.92 Å². The number of hydrogen-bond acceptors (Lipinski definition) is 3. The monoisotopic (exact) mass is 222 g/mol. The maximum Gasteiger partial charge on any atom is 0.0946 e. The zero-order valence-corrected chi connectivity index (χ0v) is 10.5. The van der Waals surface area contributed by atoms with Crippen LogP contribution in [0.25, 0.3) is 0 Å². The summed E-state index contributed by atoms with van der Waals surface area (Å²) in [5, 5.41) is 3.31. The van der Waals surface area contributed by atoms with E-state index in [1.54, 1.807) is 0 Å². The third-order valence-electron chi connectivity index (χ3n) is 3.63. The van der Waals surface area contributed by atoms with Crippen LogP contribution in [0.5, 0.6) is 0 Å². The number of rotatable bonds is 3. The van der Waals surface area contributed by atoms with Crippen molar-refractivity contribution in [2.24, 2.45) is 13.0 Å². The fourth-order valence-corrected chi connectivity index (χ4v) is 2.86. The van der Waals surface area contributed by atoms with Crippen LogP contribution in [-0.2, 0) is 7.05 Å². The van der Waals surface area contributed by atoms with Crippen LogP contribution < -0.4 is 5.32 Å². The van der Waals surface area contributed by atoms with Gasteiger partial charge in [-0.05, 0) is 45.9 Å². The molecule has 0 aliphatic carbocycles. The summed E-state index contributed by atoms with van der Waals surface area (Å²) in [5.41, 5.74) is 1.34. The molecule has 0 spiro atoms. The summed E-state index contributed by atoms with van der Waals surface area (Å²) in [6.07, 6.45) is 6.52. The van der Waals surface area contributed by atoms with Gasteiger partial charge in [-0.3, -0.25) is 4.90 Å². The van der Waals surface area contributed by atoms with Gasteiger partial charge in [0.05, 0.1) is 18.1 Å². The number of imidazole rings is 1.